The molecule has 150 valence electrons. The molecule has 1 heterocycles. The van der Waals surface area contributed by atoms with Crippen LogP contribution in [0.25, 0.3) is 11.1 Å². The summed E-state index contributed by atoms with van der Waals surface area (Å²) in [4.78, 5) is 26.1. The molecule has 2 N–H and O–H groups in total. The van der Waals surface area contributed by atoms with Crippen molar-refractivity contribution in [2.45, 2.75) is 20.5 Å². The molecule has 0 fully saturated rings. The van der Waals surface area contributed by atoms with Gasteiger partial charge in [0.1, 0.15) is 23.3 Å². The van der Waals surface area contributed by atoms with Crippen molar-refractivity contribution in [3.63, 3.8) is 0 Å². The molecule has 3 aromatic rings. The highest BCUT2D eigenvalue weighted by Crippen LogP contribution is 2.38. The molecule has 0 amide bonds. The lowest BCUT2D eigenvalue weighted by Gasteiger charge is -2.17. The van der Waals surface area contributed by atoms with Gasteiger partial charge in [0.25, 0.3) is 5.56 Å². The molecule has 0 aliphatic heterocycles. The van der Waals surface area contributed by atoms with Gasteiger partial charge < -0.3 is 14.8 Å². The number of aryl methyl sites for hydroxylation is 2. The molecule has 2 aromatic carbocycles. The lowest BCUT2D eigenvalue weighted by atomic mass is 9.96. The van der Waals surface area contributed by atoms with Crippen molar-refractivity contribution in [2.75, 3.05) is 0 Å². The number of rotatable bonds is 5. The molecule has 1 aromatic heterocycles. The summed E-state index contributed by atoms with van der Waals surface area (Å²) in [5, 5.41) is 9.05. The summed E-state index contributed by atoms with van der Waals surface area (Å²) in [6, 6.07) is 7.58. The van der Waals surface area contributed by atoms with Crippen molar-refractivity contribution in [2.24, 2.45) is 0 Å². The van der Waals surface area contributed by atoms with E-state index in [-0.39, 0.29) is 28.5 Å². The summed E-state index contributed by atoms with van der Waals surface area (Å²) in [7, 11) is 0. The zero-order valence-electron chi connectivity index (χ0n) is 15.5. The first-order chi connectivity index (χ1) is 13.7. The fraction of sp³-hybridized carbons (Fsp3) is 0.143. The number of aromatic amines is 1. The third-order valence-corrected chi connectivity index (χ3v) is 4.79. The Kier molecular flexibility index (Phi) is 5.70. The second-order valence-corrected chi connectivity index (χ2v) is 6.83. The number of hydrogen-bond acceptors (Lipinski definition) is 3. The summed E-state index contributed by atoms with van der Waals surface area (Å²) in [6.45, 7) is 3.08. The van der Waals surface area contributed by atoms with Crippen LogP contribution >= 0.6 is 11.6 Å². The number of ether oxygens (including phenoxy) is 1. The number of carboxylic acids is 1. The molecule has 29 heavy (non-hydrogen) atoms. The highest BCUT2D eigenvalue weighted by atomic mass is 35.5. The minimum absolute atomic E-state index is 0.0118. The summed E-state index contributed by atoms with van der Waals surface area (Å²) >= 11 is 6.17. The van der Waals surface area contributed by atoms with Crippen LogP contribution in [0.15, 0.2) is 41.2 Å². The van der Waals surface area contributed by atoms with Crippen molar-refractivity contribution < 1.29 is 23.4 Å². The summed E-state index contributed by atoms with van der Waals surface area (Å²) < 4.78 is 32.8. The Morgan fingerprint density at radius 2 is 1.90 bits per heavy atom. The third kappa shape index (κ3) is 4.14. The van der Waals surface area contributed by atoms with E-state index in [9.17, 15) is 23.5 Å². The Hall–Kier alpha value is -3.19. The zero-order valence-corrected chi connectivity index (χ0v) is 16.2. The van der Waals surface area contributed by atoms with Gasteiger partial charge in [-0.2, -0.15) is 0 Å². The first-order valence-corrected chi connectivity index (χ1v) is 8.90. The normalized spacial score (nSPS) is 10.8. The first-order valence-electron chi connectivity index (χ1n) is 8.52. The van der Waals surface area contributed by atoms with Crippen LogP contribution in [0.4, 0.5) is 8.78 Å². The molecular weight excluding hydrogens is 404 g/mol. The SMILES string of the molecule is Cc1ccc(C(=O)O)cc1-c1c(C)[nH]c(=O)c(Cl)c1OCc1ccc(F)cc1F. The molecule has 0 spiro atoms. The van der Waals surface area contributed by atoms with Gasteiger partial charge in [0.15, 0.2) is 5.75 Å². The van der Waals surface area contributed by atoms with Crippen LogP contribution in [0, 0.1) is 25.5 Å². The quantitative estimate of drug-likeness (QED) is 0.618. The molecule has 0 saturated heterocycles. The second kappa shape index (κ2) is 8.05. The van der Waals surface area contributed by atoms with Crippen LogP contribution in [-0.2, 0) is 6.61 Å². The highest BCUT2D eigenvalue weighted by Gasteiger charge is 2.21. The maximum Gasteiger partial charge on any atom is 0.335 e. The number of H-pyrrole nitrogens is 1. The highest BCUT2D eigenvalue weighted by molar-refractivity contribution is 6.32. The fourth-order valence-electron chi connectivity index (χ4n) is 2.94. The average Bonchev–Trinajstić information content (AvgIpc) is 2.65. The second-order valence-electron chi connectivity index (χ2n) is 6.46. The number of pyridine rings is 1. The Morgan fingerprint density at radius 1 is 1.17 bits per heavy atom. The Balaban J connectivity index is 2.14. The number of nitrogens with one attached hydrogen (secondary N) is 1. The average molecular weight is 420 g/mol. The van der Waals surface area contributed by atoms with Crippen molar-refractivity contribution in [1.29, 1.82) is 0 Å². The van der Waals surface area contributed by atoms with Gasteiger partial charge in [-0.25, -0.2) is 13.6 Å². The smallest absolute Gasteiger partial charge is 0.335 e. The van der Waals surface area contributed by atoms with Gasteiger partial charge >= 0.3 is 5.97 Å². The van der Waals surface area contributed by atoms with Crippen molar-refractivity contribution >= 4 is 17.6 Å². The molecular formula is C21H16ClF2NO4. The standard InChI is InChI=1S/C21H16ClF2NO4/c1-10-3-4-12(21(27)28)7-15(10)17-11(2)25-20(26)18(22)19(17)29-9-13-5-6-14(23)8-16(13)24/h3-8H,9H2,1-2H3,(H,25,26)(H,27,28). The van der Waals surface area contributed by atoms with Crippen LogP contribution in [0.1, 0.15) is 27.2 Å². The van der Waals surface area contributed by atoms with Crippen molar-refractivity contribution in [3.05, 3.63) is 85.8 Å². The molecule has 8 heteroatoms. The number of carbonyl (C=O) groups is 1. The van der Waals surface area contributed by atoms with Gasteiger partial charge in [-0.1, -0.05) is 17.7 Å². The summed E-state index contributed by atoms with van der Waals surface area (Å²) in [6.07, 6.45) is 0. The van der Waals surface area contributed by atoms with Gasteiger partial charge in [0, 0.05) is 22.9 Å². The predicted octanol–water partition coefficient (Wildman–Crippen LogP) is 4.87. The molecule has 0 unspecified atom stereocenters. The topological polar surface area (TPSA) is 79.4 Å². The fourth-order valence-corrected chi connectivity index (χ4v) is 3.14. The molecule has 0 bridgehead atoms. The van der Waals surface area contributed by atoms with E-state index < -0.39 is 23.2 Å². The van der Waals surface area contributed by atoms with Gasteiger partial charge in [-0.3, -0.25) is 4.79 Å². The molecule has 5 nitrogen and oxygen atoms in total. The summed E-state index contributed by atoms with van der Waals surface area (Å²) in [5.74, 6) is -2.65. The molecule has 0 aliphatic carbocycles. The van der Waals surface area contributed by atoms with Gasteiger partial charge in [-0.15, -0.1) is 0 Å². The van der Waals surface area contributed by atoms with E-state index in [1.54, 1.807) is 19.9 Å². The largest absolute Gasteiger partial charge is 0.486 e. The maximum absolute atomic E-state index is 14.0. The Bertz CT molecular complexity index is 1170. The van der Waals surface area contributed by atoms with E-state index in [0.29, 0.717) is 16.8 Å². The van der Waals surface area contributed by atoms with Crippen LogP contribution in [0.3, 0.4) is 0 Å². The van der Waals surface area contributed by atoms with E-state index in [1.165, 1.54) is 18.2 Å². The molecule has 0 atom stereocenters. The van der Waals surface area contributed by atoms with E-state index in [1.807, 2.05) is 0 Å². The van der Waals surface area contributed by atoms with E-state index >= 15 is 0 Å². The van der Waals surface area contributed by atoms with E-state index in [2.05, 4.69) is 4.98 Å². The van der Waals surface area contributed by atoms with Crippen LogP contribution in [0.2, 0.25) is 5.02 Å². The van der Waals surface area contributed by atoms with E-state index in [4.69, 9.17) is 16.3 Å². The van der Waals surface area contributed by atoms with Gasteiger partial charge in [-0.05, 0) is 49.2 Å². The first kappa shape index (κ1) is 20.5. The van der Waals surface area contributed by atoms with Crippen LogP contribution in [0.5, 0.6) is 5.75 Å². The monoisotopic (exact) mass is 419 g/mol. The summed E-state index contributed by atoms with van der Waals surface area (Å²) in [5.41, 5.74) is 1.52. The minimum Gasteiger partial charge on any atom is -0.486 e. The number of benzene rings is 2. The van der Waals surface area contributed by atoms with Gasteiger partial charge in [0.05, 0.1) is 5.56 Å². The Morgan fingerprint density at radius 3 is 2.55 bits per heavy atom. The van der Waals surface area contributed by atoms with Crippen LogP contribution < -0.4 is 10.3 Å². The number of halogens is 3. The number of aromatic nitrogens is 1. The number of hydrogen-bond donors (Lipinski definition) is 2. The number of aromatic carboxylic acids is 1. The van der Waals surface area contributed by atoms with E-state index in [0.717, 1.165) is 17.7 Å². The third-order valence-electron chi connectivity index (χ3n) is 4.44. The molecule has 0 saturated carbocycles. The minimum atomic E-state index is -1.12. The van der Waals surface area contributed by atoms with Crippen molar-refractivity contribution in [1.82, 2.24) is 4.98 Å². The molecule has 0 aliphatic rings. The lowest BCUT2D eigenvalue weighted by molar-refractivity contribution is 0.0697. The predicted molar refractivity (Wildman–Crippen MR) is 105 cm³/mol. The molecule has 3 rings (SSSR count). The zero-order chi connectivity index (χ0) is 21.3. The number of carboxylic acid groups (broad SMARTS) is 1. The maximum atomic E-state index is 14.0. The molecule has 0 radical (unpaired) electrons. The van der Waals surface area contributed by atoms with Crippen molar-refractivity contribution in [3.8, 4) is 16.9 Å². The lowest BCUT2D eigenvalue weighted by Crippen LogP contribution is -2.13. The Labute approximate surface area is 169 Å². The van der Waals surface area contributed by atoms with Crippen LogP contribution in [-0.4, -0.2) is 16.1 Å². The van der Waals surface area contributed by atoms with Gasteiger partial charge in [0.2, 0.25) is 0 Å².